The van der Waals surface area contributed by atoms with Crippen LogP contribution in [0.5, 0.6) is 0 Å². The van der Waals surface area contributed by atoms with Crippen LogP contribution in [0.1, 0.15) is 52.8 Å². The molecule has 27 heavy (non-hydrogen) atoms. The monoisotopic (exact) mass is 367 g/mol. The zero-order valence-electron chi connectivity index (χ0n) is 14.8. The van der Waals surface area contributed by atoms with E-state index in [0.29, 0.717) is 11.3 Å². The number of hydrogen-bond donors (Lipinski definition) is 2. The molecule has 7 heteroatoms. The largest absolute Gasteiger partial charge is 0.349 e. The van der Waals surface area contributed by atoms with Crippen molar-refractivity contribution in [3.63, 3.8) is 0 Å². The predicted molar refractivity (Wildman–Crippen MR) is 102 cm³/mol. The molecule has 0 saturated heterocycles. The lowest BCUT2D eigenvalue weighted by Crippen LogP contribution is -2.36. The minimum absolute atomic E-state index is 0.159. The topological polar surface area (TPSA) is 101 Å². The average Bonchev–Trinajstić information content (AvgIpc) is 2.69. The summed E-state index contributed by atoms with van der Waals surface area (Å²) in [7, 11) is 0. The minimum atomic E-state index is -0.553. The number of carbonyl (C=O) groups excluding carboxylic acids is 2. The van der Waals surface area contributed by atoms with E-state index in [2.05, 4.69) is 10.6 Å². The fraction of sp³-hybridized carbons (Fsp3) is 0.300. The lowest BCUT2D eigenvalue weighted by atomic mass is 9.95. The van der Waals surface area contributed by atoms with Gasteiger partial charge in [0.15, 0.2) is 0 Å². The summed E-state index contributed by atoms with van der Waals surface area (Å²) in [6.45, 7) is 0. The zero-order chi connectivity index (χ0) is 19.2. The minimum Gasteiger partial charge on any atom is -0.349 e. The van der Waals surface area contributed by atoms with E-state index in [1.165, 1.54) is 30.7 Å². The molecule has 1 aliphatic carbocycles. The Bertz CT molecular complexity index is 860. The van der Waals surface area contributed by atoms with Crippen LogP contribution in [0.2, 0.25) is 0 Å². The van der Waals surface area contributed by atoms with Crippen molar-refractivity contribution in [2.24, 2.45) is 0 Å². The van der Waals surface area contributed by atoms with Crippen molar-refractivity contribution >= 4 is 23.2 Å². The van der Waals surface area contributed by atoms with Gasteiger partial charge >= 0.3 is 0 Å². The van der Waals surface area contributed by atoms with Gasteiger partial charge < -0.3 is 10.6 Å². The van der Waals surface area contributed by atoms with Gasteiger partial charge in [0.2, 0.25) is 0 Å². The van der Waals surface area contributed by atoms with Crippen LogP contribution >= 0.6 is 0 Å². The number of nitro benzene ring substituents is 1. The lowest BCUT2D eigenvalue weighted by molar-refractivity contribution is -0.384. The second-order valence-electron chi connectivity index (χ2n) is 6.62. The van der Waals surface area contributed by atoms with Crippen molar-refractivity contribution in [3.8, 4) is 0 Å². The lowest BCUT2D eigenvalue weighted by Gasteiger charge is -2.23. The van der Waals surface area contributed by atoms with Crippen LogP contribution in [-0.2, 0) is 0 Å². The smallest absolute Gasteiger partial charge is 0.270 e. The number of para-hydroxylation sites is 1. The maximum atomic E-state index is 12.6. The molecule has 0 heterocycles. The quantitative estimate of drug-likeness (QED) is 0.618. The molecule has 2 amide bonds. The third kappa shape index (κ3) is 4.69. The third-order valence-corrected chi connectivity index (χ3v) is 4.68. The Balaban J connectivity index is 1.75. The van der Waals surface area contributed by atoms with Crippen LogP contribution in [-0.4, -0.2) is 22.8 Å². The first-order valence-corrected chi connectivity index (χ1v) is 9.00. The Labute approximate surface area is 156 Å². The molecule has 0 radical (unpaired) electrons. The molecule has 0 unspecified atom stereocenters. The van der Waals surface area contributed by atoms with Crippen molar-refractivity contribution in [2.45, 2.75) is 38.1 Å². The highest BCUT2D eigenvalue weighted by Gasteiger charge is 2.20. The highest BCUT2D eigenvalue weighted by atomic mass is 16.6. The van der Waals surface area contributed by atoms with Crippen LogP contribution in [0, 0.1) is 10.1 Å². The Morgan fingerprint density at radius 1 is 0.963 bits per heavy atom. The van der Waals surface area contributed by atoms with Gasteiger partial charge in [0, 0.05) is 23.7 Å². The summed E-state index contributed by atoms with van der Waals surface area (Å²) in [4.78, 5) is 35.5. The van der Waals surface area contributed by atoms with Gasteiger partial charge in [-0.1, -0.05) is 37.5 Å². The molecule has 3 rings (SSSR count). The van der Waals surface area contributed by atoms with Crippen LogP contribution in [0.3, 0.4) is 0 Å². The summed E-state index contributed by atoms with van der Waals surface area (Å²) in [5.74, 6) is -0.728. The van der Waals surface area contributed by atoms with Crippen molar-refractivity contribution in [1.82, 2.24) is 5.32 Å². The molecule has 2 aromatic rings. The number of nitrogens with zero attached hydrogens (tertiary/aromatic N) is 1. The van der Waals surface area contributed by atoms with Gasteiger partial charge in [0.25, 0.3) is 17.5 Å². The third-order valence-electron chi connectivity index (χ3n) is 4.68. The van der Waals surface area contributed by atoms with Gasteiger partial charge in [-0.15, -0.1) is 0 Å². The van der Waals surface area contributed by atoms with Gasteiger partial charge in [-0.3, -0.25) is 19.7 Å². The van der Waals surface area contributed by atoms with Crippen LogP contribution < -0.4 is 10.6 Å². The molecule has 0 bridgehead atoms. The summed E-state index contributed by atoms with van der Waals surface area (Å²) in [6, 6.07) is 12.4. The van der Waals surface area contributed by atoms with E-state index >= 15 is 0 Å². The number of amides is 2. The van der Waals surface area contributed by atoms with Crippen molar-refractivity contribution in [3.05, 3.63) is 69.8 Å². The summed E-state index contributed by atoms with van der Waals surface area (Å²) in [5, 5.41) is 16.6. The molecule has 0 atom stereocenters. The van der Waals surface area contributed by atoms with Crippen molar-refractivity contribution in [2.75, 3.05) is 5.32 Å². The van der Waals surface area contributed by atoms with E-state index < -0.39 is 10.8 Å². The van der Waals surface area contributed by atoms with E-state index in [1.54, 1.807) is 24.3 Å². The molecular weight excluding hydrogens is 346 g/mol. The van der Waals surface area contributed by atoms with E-state index in [9.17, 15) is 19.7 Å². The second-order valence-corrected chi connectivity index (χ2v) is 6.62. The van der Waals surface area contributed by atoms with Crippen molar-refractivity contribution in [1.29, 1.82) is 0 Å². The van der Waals surface area contributed by atoms with E-state index in [-0.39, 0.29) is 23.2 Å². The number of nitro groups is 1. The number of nitrogens with one attached hydrogen (secondary N) is 2. The Morgan fingerprint density at radius 2 is 1.70 bits per heavy atom. The summed E-state index contributed by atoms with van der Waals surface area (Å²) >= 11 is 0. The second kappa shape index (κ2) is 8.44. The van der Waals surface area contributed by atoms with E-state index in [4.69, 9.17) is 0 Å². The van der Waals surface area contributed by atoms with E-state index in [1.807, 2.05) is 0 Å². The predicted octanol–water partition coefficient (Wildman–Crippen LogP) is 3.91. The molecule has 1 fully saturated rings. The fourth-order valence-electron chi connectivity index (χ4n) is 3.26. The first kappa shape index (κ1) is 18.6. The fourth-order valence-corrected chi connectivity index (χ4v) is 3.26. The Morgan fingerprint density at radius 3 is 2.44 bits per heavy atom. The van der Waals surface area contributed by atoms with Crippen molar-refractivity contribution < 1.29 is 14.5 Å². The summed E-state index contributed by atoms with van der Waals surface area (Å²) in [6.07, 6.45) is 5.34. The maximum Gasteiger partial charge on any atom is 0.270 e. The number of anilines is 1. The van der Waals surface area contributed by atoms with Crippen LogP contribution in [0.15, 0.2) is 48.5 Å². The van der Waals surface area contributed by atoms with E-state index in [0.717, 1.165) is 25.7 Å². The Hall–Kier alpha value is -3.22. The van der Waals surface area contributed by atoms with Gasteiger partial charge in [0.1, 0.15) is 0 Å². The maximum absolute atomic E-state index is 12.6. The number of benzene rings is 2. The molecule has 0 aliphatic heterocycles. The molecular formula is C20H21N3O4. The molecule has 2 N–H and O–H groups in total. The molecule has 7 nitrogen and oxygen atoms in total. The normalized spacial score (nSPS) is 14.4. The highest BCUT2D eigenvalue weighted by molar-refractivity contribution is 6.09. The number of hydrogen-bond acceptors (Lipinski definition) is 4. The number of carbonyl (C=O) groups is 2. The summed E-state index contributed by atoms with van der Waals surface area (Å²) < 4.78 is 0. The standard InChI is InChI=1S/C20H21N3O4/c24-19(14-7-6-10-16(13-14)23(26)27)22-18-12-5-4-11-17(18)20(25)21-15-8-2-1-3-9-15/h4-7,10-13,15H,1-3,8-9H2,(H,21,25)(H,22,24). The molecule has 140 valence electrons. The number of rotatable bonds is 5. The zero-order valence-corrected chi connectivity index (χ0v) is 14.8. The molecule has 2 aromatic carbocycles. The summed E-state index contributed by atoms with van der Waals surface area (Å²) in [5.41, 5.74) is 0.752. The van der Waals surface area contributed by atoms with Crippen LogP contribution in [0.4, 0.5) is 11.4 Å². The SMILES string of the molecule is O=C(Nc1ccccc1C(=O)NC1CCCCC1)c1cccc([N+](=O)[O-])c1. The average molecular weight is 367 g/mol. The molecule has 1 saturated carbocycles. The van der Waals surface area contributed by atoms with Crippen LogP contribution in [0.25, 0.3) is 0 Å². The van der Waals surface area contributed by atoms with Gasteiger partial charge in [-0.05, 0) is 31.0 Å². The van der Waals surface area contributed by atoms with Gasteiger partial charge in [-0.2, -0.15) is 0 Å². The molecule has 0 spiro atoms. The molecule has 1 aliphatic rings. The first-order valence-electron chi connectivity index (χ1n) is 9.00. The number of non-ortho nitro benzene ring substituents is 1. The molecule has 0 aromatic heterocycles. The van der Waals surface area contributed by atoms with Gasteiger partial charge in [-0.25, -0.2) is 0 Å². The first-order chi connectivity index (χ1) is 13.0. The Kier molecular flexibility index (Phi) is 5.80. The highest BCUT2D eigenvalue weighted by Crippen LogP contribution is 2.21. The van der Waals surface area contributed by atoms with Gasteiger partial charge in [0.05, 0.1) is 16.2 Å².